The maximum Gasteiger partial charge on any atom is 0.417 e. The van der Waals surface area contributed by atoms with Crippen LogP contribution < -0.4 is 0 Å². The van der Waals surface area contributed by atoms with E-state index < -0.39 is 24.6 Å². The molecular formula is C12H18F3NO2. The molecule has 0 aromatic carbocycles. The molecule has 0 aromatic heterocycles. The van der Waals surface area contributed by atoms with Crippen molar-refractivity contribution in [2.45, 2.75) is 50.3 Å². The summed E-state index contributed by atoms with van der Waals surface area (Å²) in [6.07, 6.45) is -1.82. The number of piperidine rings is 1. The zero-order valence-corrected chi connectivity index (χ0v) is 10.2. The van der Waals surface area contributed by atoms with E-state index in [4.69, 9.17) is 0 Å². The van der Waals surface area contributed by atoms with E-state index >= 15 is 0 Å². The number of carbonyl (C=O) groups is 1. The number of carbonyl (C=O) groups excluding carboxylic acids is 1. The number of rotatable bonds is 3. The lowest BCUT2D eigenvalue weighted by Crippen LogP contribution is -2.54. The third-order valence-electron chi connectivity index (χ3n) is 3.93. The largest absolute Gasteiger partial charge is 0.417 e. The zero-order chi connectivity index (χ0) is 13.4. The van der Waals surface area contributed by atoms with Crippen LogP contribution >= 0.6 is 0 Å². The van der Waals surface area contributed by atoms with Crippen LogP contribution in [0.25, 0.3) is 0 Å². The average Bonchev–Trinajstić information content (AvgIpc) is 3.09. The van der Waals surface area contributed by atoms with Crippen molar-refractivity contribution < 1.29 is 23.1 Å². The van der Waals surface area contributed by atoms with E-state index in [9.17, 15) is 23.1 Å². The van der Waals surface area contributed by atoms with Gasteiger partial charge in [-0.15, -0.1) is 0 Å². The van der Waals surface area contributed by atoms with Gasteiger partial charge in [-0.2, -0.15) is 13.2 Å². The molecule has 1 saturated heterocycles. The van der Waals surface area contributed by atoms with E-state index in [0.29, 0.717) is 12.3 Å². The molecule has 3 nitrogen and oxygen atoms in total. The number of nitrogens with zero attached hydrogens (tertiary/aromatic N) is 1. The van der Waals surface area contributed by atoms with E-state index in [1.807, 2.05) is 0 Å². The number of hydrogen-bond acceptors (Lipinski definition) is 2. The Balaban J connectivity index is 1.80. The molecule has 0 aromatic rings. The first-order chi connectivity index (χ1) is 8.32. The van der Waals surface area contributed by atoms with Gasteiger partial charge in [0, 0.05) is 32.4 Å². The summed E-state index contributed by atoms with van der Waals surface area (Å²) in [5.41, 5.74) is -2.61. The summed E-state index contributed by atoms with van der Waals surface area (Å²) in [5, 5.41) is 9.47. The first-order valence-corrected chi connectivity index (χ1v) is 6.39. The Bertz CT molecular complexity index is 318. The van der Waals surface area contributed by atoms with Crippen LogP contribution in [0.1, 0.15) is 38.5 Å². The average molecular weight is 265 g/mol. The first kappa shape index (κ1) is 13.6. The van der Waals surface area contributed by atoms with Gasteiger partial charge in [0.1, 0.15) is 0 Å². The molecule has 104 valence electrons. The molecule has 6 heteroatoms. The maximum atomic E-state index is 12.6. The van der Waals surface area contributed by atoms with Gasteiger partial charge in [-0.25, -0.2) is 0 Å². The van der Waals surface area contributed by atoms with Crippen LogP contribution in [0.2, 0.25) is 0 Å². The predicted molar refractivity (Wildman–Crippen MR) is 58.8 cm³/mol. The lowest BCUT2D eigenvalue weighted by Gasteiger charge is -2.39. The van der Waals surface area contributed by atoms with Gasteiger partial charge in [0.25, 0.3) is 0 Å². The Hall–Kier alpha value is -0.780. The molecular weight excluding hydrogens is 247 g/mol. The SMILES string of the molecule is O=C(CCC1CC1)N1CCC(O)(C(F)(F)F)CC1. The Labute approximate surface area is 104 Å². The molecule has 1 amide bonds. The first-order valence-electron chi connectivity index (χ1n) is 6.39. The number of halogens is 3. The van der Waals surface area contributed by atoms with Crippen molar-refractivity contribution in [3.8, 4) is 0 Å². The summed E-state index contributed by atoms with van der Waals surface area (Å²) in [5.74, 6) is 0.567. The highest BCUT2D eigenvalue weighted by Crippen LogP contribution is 2.38. The highest BCUT2D eigenvalue weighted by atomic mass is 19.4. The van der Waals surface area contributed by atoms with Gasteiger partial charge in [0.2, 0.25) is 5.91 Å². The van der Waals surface area contributed by atoms with E-state index in [1.54, 1.807) is 0 Å². The van der Waals surface area contributed by atoms with Crippen molar-refractivity contribution >= 4 is 5.91 Å². The summed E-state index contributed by atoms with van der Waals surface area (Å²) in [7, 11) is 0. The molecule has 0 radical (unpaired) electrons. The fraction of sp³-hybridized carbons (Fsp3) is 0.917. The Morgan fingerprint density at radius 3 is 2.28 bits per heavy atom. The molecule has 1 heterocycles. The highest BCUT2D eigenvalue weighted by Gasteiger charge is 2.54. The Morgan fingerprint density at radius 1 is 1.28 bits per heavy atom. The molecule has 0 unspecified atom stereocenters. The van der Waals surface area contributed by atoms with Gasteiger partial charge < -0.3 is 10.0 Å². The molecule has 2 aliphatic rings. The van der Waals surface area contributed by atoms with Crippen LogP contribution in [0.3, 0.4) is 0 Å². The van der Waals surface area contributed by atoms with Gasteiger partial charge in [-0.05, 0) is 12.3 Å². The van der Waals surface area contributed by atoms with Gasteiger partial charge in [-0.3, -0.25) is 4.79 Å². The number of hydrogen-bond donors (Lipinski definition) is 1. The second-order valence-electron chi connectivity index (χ2n) is 5.39. The Kier molecular flexibility index (Phi) is 3.58. The fourth-order valence-corrected chi connectivity index (χ4v) is 2.30. The minimum absolute atomic E-state index is 0.000486. The molecule has 18 heavy (non-hydrogen) atoms. The summed E-state index contributed by atoms with van der Waals surface area (Å²) in [4.78, 5) is 13.2. The summed E-state index contributed by atoms with van der Waals surface area (Å²) in [6, 6.07) is 0. The van der Waals surface area contributed by atoms with Crippen molar-refractivity contribution in [1.82, 2.24) is 4.90 Å². The summed E-state index contributed by atoms with van der Waals surface area (Å²) in [6.45, 7) is -0.000972. The zero-order valence-electron chi connectivity index (χ0n) is 10.2. The van der Waals surface area contributed by atoms with Crippen LogP contribution in [-0.2, 0) is 4.79 Å². The number of likely N-dealkylation sites (tertiary alicyclic amines) is 1. The van der Waals surface area contributed by atoms with E-state index in [0.717, 1.165) is 6.42 Å². The molecule has 0 spiro atoms. The van der Waals surface area contributed by atoms with Gasteiger partial charge >= 0.3 is 6.18 Å². The van der Waals surface area contributed by atoms with E-state index in [-0.39, 0.29) is 19.0 Å². The Morgan fingerprint density at radius 2 is 1.83 bits per heavy atom. The second-order valence-corrected chi connectivity index (χ2v) is 5.39. The van der Waals surface area contributed by atoms with Crippen LogP contribution in [0.5, 0.6) is 0 Å². The van der Waals surface area contributed by atoms with Crippen molar-refractivity contribution in [1.29, 1.82) is 0 Å². The molecule has 2 rings (SSSR count). The quantitative estimate of drug-likeness (QED) is 0.849. The van der Waals surface area contributed by atoms with Crippen molar-refractivity contribution in [3.05, 3.63) is 0 Å². The molecule has 1 N–H and O–H groups in total. The standard InChI is InChI=1S/C12H18F3NO2/c13-12(14,15)11(18)5-7-16(8-6-11)10(17)4-3-9-1-2-9/h9,18H,1-8H2. The number of amides is 1. The molecule has 1 saturated carbocycles. The topological polar surface area (TPSA) is 40.5 Å². The van der Waals surface area contributed by atoms with Crippen LogP contribution in [0.4, 0.5) is 13.2 Å². The van der Waals surface area contributed by atoms with Crippen LogP contribution in [0, 0.1) is 5.92 Å². The molecule has 2 fully saturated rings. The molecule has 1 aliphatic heterocycles. The molecule has 0 bridgehead atoms. The lowest BCUT2D eigenvalue weighted by molar-refractivity contribution is -0.272. The van der Waals surface area contributed by atoms with Gasteiger partial charge in [0.15, 0.2) is 5.60 Å². The second kappa shape index (κ2) is 4.72. The highest BCUT2D eigenvalue weighted by molar-refractivity contribution is 5.76. The monoisotopic (exact) mass is 265 g/mol. The lowest BCUT2D eigenvalue weighted by atomic mass is 9.90. The third kappa shape index (κ3) is 2.96. The smallest absolute Gasteiger partial charge is 0.380 e. The van der Waals surface area contributed by atoms with Crippen molar-refractivity contribution in [3.63, 3.8) is 0 Å². The maximum absolute atomic E-state index is 12.6. The van der Waals surface area contributed by atoms with Gasteiger partial charge in [0.05, 0.1) is 0 Å². The summed E-state index contributed by atoms with van der Waals surface area (Å²) < 4.78 is 37.7. The van der Waals surface area contributed by atoms with Crippen molar-refractivity contribution in [2.75, 3.05) is 13.1 Å². The van der Waals surface area contributed by atoms with Crippen LogP contribution in [-0.4, -0.2) is 40.8 Å². The van der Waals surface area contributed by atoms with Gasteiger partial charge in [-0.1, -0.05) is 12.8 Å². The minimum atomic E-state index is -4.60. The predicted octanol–water partition coefficient (Wildman–Crippen LogP) is 2.09. The number of alkyl halides is 3. The van der Waals surface area contributed by atoms with E-state index in [2.05, 4.69) is 0 Å². The van der Waals surface area contributed by atoms with Crippen LogP contribution in [0.15, 0.2) is 0 Å². The molecule has 1 aliphatic carbocycles. The third-order valence-corrected chi connectivity index (χ3v) is 3.93. The summed E-state index contributed by atoms with van der Waals surface area (Å²) >= 11 is 0. The normalized spacial score (nSPS) is 24.1. The number of aliphatic hydroxyl groups is 1. The molecule has 0 atom stereocenters. The fourth-order valence-electron chi connectivity index (χ4n) is 2.30. The van der Waals surface area contributed by atoms with E-state index in [1.165, 1.54) is 17.7 Å². The minimum Gasteiger partial charge on any atom is -0.380 e. The van der Waals surface area contributed by atoms with Crippen molar-refractivity contribution in [2.24, 2.45) is 5.92 Å².